The highest BCUT2D eigenvalue weighted by molar-refractivity contribution is 6.40. The minimum absolute atomic E-state index is 0.0208. The molecule has 6 rings (SSSR count). The third-order valence-electron chi connectivity index (χ3n) is 7.99. The molecule has 0 aliphatic carbocycles. The molecule has 0 unspecified atom stereocenters. The Kier molecular flexibility index (Phi) is 10.3. The van der Waals surface area contributed by atoms with Gasteiger partial charge in [0, 0.05) is 25.1 Å². The molecule has 0 bridgehead atoms. The van der Waals surface area contributed by atoms with Gasteiger partial charge in [-0.3, -0.25) is 0 Å². The van der Waals surface area contributed by atoms with Crippen molar-refractivity contribution in [2.45, 2.75) is 51.2 Å². The fourth-order valence-electron chi connectivity index (χ4n) is 5.51. The molecule has 1 aliphatic heterocycles. The van der Waals surface area contributed by atoms with Gasteiger partial charge in [-0.25, -0.2) is 9.78 Å². The van der Waals surface area contributed by atoms with Crippen molar-refractivity contribution in [3.8, 4) is 11.1 Å². The molecule has 0 radical (unpaired) electrons. The number of halogens is 2. The fraction of sp³-hybridized carbons (Fsp3) is 0.222. The lowest BCUT2D eigenvalue weighted by Crippen LogP contribution is -2.34. The zero-order valence-corrected chi connectivity index (χ0v) is 26.5. The van der Waals surface area contributed by atoms with E-state index in [0.717, 1.165) is 38.9 Å². The number of carbonyl (C=O) groups excluding carboxylic acids is 1. The number of hydrogen-bond acceptors (Lipinski definition) is 5. The van der Waals surface area contributed by atoms with E-state index in [1.54, 1.807) is 10.9 Å². The number of urea groups is 1. The average Bonchev–Trinajstić information content (AvgIpc) is 3.42. The second-order valence-corrected chi connectivity index (χ2v) is 11.8. The summed E-state index contributed by atoms with van der Waals surface area (Å²) in [6.07, 6.45) is 1.10. The van der Waals surface area contributed by atoms with E-state index < -0.39 is 6.29 Å². The van der Waals surface area contributed by atoms with E-state index in [0.29, 0.717) is 31.2 Å². The van der Waals surface area contributed by atoms with Gasteiger partial charge in [0.2, 0.25) is 0 Å². The lowest BCUT2D eigenvalue weighted by molar-refractivity contribution is -0.252. The average molecular weight is 658 g/mol. The summed E-state index contributed by atoms with van der Waals surface area (Å²) in [6, 6.07) is 33.4. The maximum absolute atomic E-state index is 12.5. The molecule has 2 heterocycles. The van der Waals surface area contributed by atoms with E-state index in [1.807, 2.05) is 103 Å². The van der Waals surface area contributed by atoms with Crippen LogP contribution < -0.4 is 10.6 Å². The molecule has 4 aromatic carbocycles. The Morgan fingerprint density at radius 3 is 2.24 bits per heavy atom. The largest absolute Gasteiger partial charge is 0.392 e. The van der Waals surface area contributed by atoms with Crippen LogP contribution in [-0.2, 0) is 35.7 Å². The number of aliphatic hydroxyl groups excluding tert-OH is 1. The van der Waals surface area contributed by atoms with Gasteiger partial charge < -0.3 is 29.8 Å². The van der Waals surface area contributed by atoms with Crippen molar-refractivity contribution in [2.24, 2.45) is 0 Å². The quantitative estimate of drug-likeness (QED) is 0.144. The molecule has 0 spiro atoms. The molecular formula is C36H34Cl2N4O4. The number of imidazole rings is 1. The topological polar surface area (TPSA) is 97.6 Å². The maximum Gasteiger partial charge on any atom is 0.315 e. The first kappa shape index (κ1) is 31.8. The number of carbonyl (C=O) groups is 1. The van der Waals surface area contributed by atoms with E-state index in [2.05, 4.69) is 15.6 Å². The molecule has 5 aromatic rings. The molecule has 0 saturated carbocycles. The summed E-state index contributed by atoms with van der Waals surface area (Å²) in [5, 5.41) is 16.0. The number of ether oxygens (including phenoxy) is 2. The second kappa shape index (κ2) is 14.9. The predicted octanol–water partition coefficient (Wildman–Crippen LogP) is 7.59. The molecule has 2 amide bonds. The van der Waals surface area contributed by atoms with Crippen molar-refractivity contribution in [3.63, 3.8) is 0 Å². The number of rotatable bonds is 10. The van der Waals surface area contributed by atoms with Gasteiger partial charge in [0.15, 0.2) is 11.4 Å². The molecule has 1 aromatic heterocycles. The molecule has 46 heavy (non-hydrogen) atoms. The zero-order chi connectivity index (χ0) is 31.9. The highest BCUT2D eigenvalue weighted by Crippen LogP contribution is 2.39. The van der Waals surface area contributed by atoms with Crippen molar-refractivity contribution < 1.29 is 19.4 Å². The van der Waals surface area contributed by atoms with E-state index >= 15 is 0 Å². The van der Waals surface area contributed by atoms with Crippen molar-refractivity contribution in [3.05, 3.63) is 148 Å². The Balaban J connectivity index is 1.16. The van der Waals surface area contributed by atoms with Gasteiger partial charge >= 0.3 is 6.03 Å². The van der Waals surface area contributed by atoms with Crippen LogP contribution in [0.15, 0.2) is 109 Å². The van der Waals surface area contributed by atoms with Gasteiger partial charge in [-0.05, 0) is 33.4 Å². The summed E-state index contributed by atoms with van der Waals surface area (Å²) in [6.45, 7) is 1.28. The Hall–Kier alpha value is -4.18. The predicted molar refractivity (Wildman–Crippen MR) is 178 cm³/mol. The summed E-state index contributed by atoms with van der Waals surface area (Å²) in [7, 11) is 0. The van der Waals surface area contributed by atoms with Gasteiger partial charge in [0.05, 0.1) is 31.7 Å². The smallest absolute Gasteiger partial charge is 0.315 e. The van der Waals surface area contributed by atoms with Crippen LogP contribution in [0.5, 0.6) is 0 Å². The van der Waals surface area contributed by atoms with Crippen molar-refractivity contribution in [2.75, 3.05) is 0 Å². The lowest BCUT2D eigenvalue weighted by atomic mass is 9.97. The molecule has 1 aliphatic rings. The molecule has 3 N–H and O–H groups in total. The van der Waals surface area contributed by atoms with E-state index in [1.165, 1.54) is 0 Å². The first-order chi connectivity index (χ1) is 22.5. The van der Waals surface area contributed by atoms with E-state index in [9.17, 15) is 9.90 Å². The molecule has 10 heteroatoms. The van der Waals surface area contributed by atoms with Crippen molar-refractivity contribution in [1.82, 2.24) is 20.2 Å². The molecule has 8 nitrogen and oxygen atoms in total. The van der Waals surface area contributed by atoms with Crippen LogP contribution in [-0.4, -0.2) is 26.8 Å². The molecule has 1 saturated heterocycles. The molecule has 236 valence electrons. The number of aromatic nitrogens is 2. The molecular weight excluding hydrogens is 623 g/mol. The summed E-state index contributed by atoms with van der Waals surface area (Å²) in [5.41, 5.74) is 6.77. The van der Waals surface area contributed by atoms with Crippen LogP contribution in [0.2, 0.25) is 10.3 Å². The van der Waals surface area contributed by atoms with E-state index in [-0.39, 0.29) is 30.0 Å². The fourth-order valence-corrected chi connectivity index (χ4v) is 5.83. The van der Waals surface area contributed by atoms with Gasteiger partial charge in [-0.2, -0.15) is 0 Å². The van der Waals surface area contributed by atoms with Crippen LogP contribution in [0.25, 0.3) is 11.1 Å². The Morgan fingerprint density at radius 2 is 1.52 bits per heavy atom. The monoisotopic (exact) mass is 656 g/mol. The van der Waals surface area contributed by atoms with Gasteiger partial charge in [-0.15, -0.1) is 0 Å². The number of nitrogens with zero attached hydrogens (tertiary/aromatic N) is 2. The van der Waals surface area contributed by atoms with Gasteiger partial charge in [0.25, 0.3) is 0 Å². The number of amides is 2. The molecule has 1 fully saturated rings. The second-order valence-electron chi connectivity index (χ2n) is 11.1. The summed E-state index contributed by atoms with van der Waals surface area (Å²) in [5.74, 6) is 0. The summed E-state index contributed by atoms with van der Waals surface area (Å²) in [4.78, 5) is 16.6. The minimum atomic E-state index is -0.627. The van der Waals surface area contributed by atoms with Crippen LogP contribution in [0, 0.1) is 0 Å². The number of aliphatic hydroxyl groups is 1. The van der Waals surface area contributed by atoms with Crippen molar-refractivity contribution in [1.29, 1.82) is 0 Å². The van der Waals surface area contributed by atoms with E-state index in [4.69, 9.17) is 32.7 Å². The first-order valence-corrected chi connectivity index (χ1v) is 15.8. The Bertz CT molecular complexity index is 1750. The van der Waals surface area contributed by atoms with Gasteiger partial charge in [0.1, 0.15) is 5.15 Å². The minimum Gasteiger partial charge on any atom is -0.392 e. The van der Waals surface area contributed by atoms with Gasteiger partial charge in [-0.1, -0.05) is 126 Å². The third-order valence-corrected chi connectivity index (χ3v) is 8.76. The highest BCUT2D eigenvalue weighted by Gasteiger charge is 2.33. The normalized spacial score (nSPS) is 17.8. The SMILES string of the molecule is O=C(NCc1ccccc1)NCc1ccccc1-c1ccc([C@H]2O[C@@H](Cn3cnc(Cl)c3Cl)C[C@@H](c3ccc(CO)cc3)O2)cc1. The van der Waals surface area contributed by atoms with Crippen LogP contribution in [0.4, 0.5) is 4.79 Å². The standard InChI is InChI=1S/C36H34Cl2N4O4/c37-33-34(38)42(23-41-33)21-30-18-32(27-12-10-25(22-43)11-13-27)46-35(45-30)28-16-14-26(15-17-28)31-9-5-4-8-29(31)20-40-36(44)39-19-24-6-2-1-3-7-24/h1-17,23,30,32,35,43H,18-22H2,(H2,39,40,44)/t30-,32+,35+/m1/s1. The Morgan fingerprint density at radius 1 is 0.826 bits per heavy atom. The highest BCUT2D eigenvalue weighted by atomic mass is 35.5. The van der Waals surface area contributed by atoms with Crippen molar-refractivity contribution >= 4 is 29.2 Å². The number of hydrogen-bond donors (Lipinski definition) is 3. The number of benzene rings is 4. The third kappa shape index (κ3) is 7.78. The summed E-state index contributed by atoms with van der Waals surface area (Å²) >= 11 is 12.5. The Labute approximate surface area is 277 Å². The maximum atomic E-state index is 12.5. The number of nitrogens with one attached hydrogen (secondary N) is 2. The zero-order valence-electron chi connectivity index (χ0n) is 25.0. The van der Waals surface area contributed by atoms with Crippen LogP contribution >= 0.6 is 23.2 Å². The first-order valence-electron chi connectivity index (χ1n) is 15.1. The lowest BCUT2D eigenvalue weighted by Gasteiger charge is -2.36. The summed E-state index contributed by atoms with van der Waals surface area (Å²) < 4.78 is 14.7. The van der Waals surface area contributed by atoms with Crippen LogP contribution in [0.3, 0.4) is 0 Å². The molecule has 3 atom stereocenters. The van der Waals surface area contributed by atoms with Crippen LogP contribution in [0.1, 0.15) is 46.6 Å².